The molecule has 0 aliphatic carbocycles. The second kappa shape index (κ2) is 9.01. The van der Waals surface area contributed by atoms with E-state index >= 15 is 0 Å². The smallest absolute Gasteiger partial charge is 0.325 e. The highest BCUT2D eigenvalue weighted by Gasteiger charge is 2.31. The first-order valence-corrected chi connectivity index (χ1v) is 11.0. The number of nitrogens with one attached hydrogen (secondary N) is 2. The van der Waals surface area contributed by atoms with Gasteiger partial charge in [-0.05, 0) is 47.8 Å². The van der Waals surface area contributed by atoms with Gasteiger partial charge in [-0.3, -0.25) is 14.0 Å². The summed E-state index contributed by atoms with van der Waals surface area (Å²) in [6.07, 6.45) is -3.59. The molecule has 7 nitrogen and oxygen atoms in total. The Hall–Kier alpha value is -3.38. The number of carbonyl (C=O) groups excluding carboxylic acids is 2. The molecule has 3 heterocycles. The molecule has 4 aromatic rings. The molecule has 0 radical (unpaired) electrons. The maximum absolute atomic E-state index is 12.9. The van der Waals surface area contributed by atoms with Gasteiger partial charge in [-0.25, -0.2) is 0 Å². The zero-order chi connectivity index (χ0) is 22.7. The van der Waals surface area contributed by atoms with E-state index in [0.717, 1.165) is 24.0 Å². The fraction of sp³-hybridized carbons (Fsp3) is 0.100. The van der Waals surface area contributed by atoms with Gasteiger partial charge in [0.15, 0.2) is 10.8 Å². The minimum atomic E-state index is -4.49. The molecule has 0 fully saturated rings. The second-order valence-electron chi connectivity index (χ2n) is 6.47. The van der Waals surface area contributed by atoms with Crippen molar-refractivity contribution in [2.45, 2.75) is 11.3 Å². The van der Waals surface area contributed by atoms with E-state index in [4.69, 9.17) is 0 Å². The van der Waals surface area contributed by atoms with Gasteiger partial charge < -0.3 is 10.6 Å². The van der Waals surface area contributed by atoms with Crippen LogP contribution in [0.2, 0.25) is 0 Å². The fourth-order valence-electron chi connectivity index (χ4n) is 2.70. The molecule has 0 unspecified atom stereocenters. The maximum Gasteiger partial charge on any atom is 0.417 e. The van der Waals surface area contributed by atoms with Crippen LogP contribution >= 0.6 is 23.1 Å². The Bertz CT molecular complexity index is 1250. The number of fused-ring (bicyclic) bond motifs is 1. The SMILES string of the molecule is O=C(CSc1nnc2ccc(C(F)(F)F)cn12)Nc1ccc(NC(=O)c2cccs2)cc1. The molecule has 164 valence electrons. The number of aromatic nitrogens is 3. The fourth-order valence-corrected chi connectivity index (χ4v) is 4.04. The van der Waals surface area contributed by atoms with Crippen LogP contribution in [0.15, 0.2) is 65.3 Å². The summed E-state index contributed by atoms with van der Waals surface area (Å²) in [5, 5.41) is 15.1. The van der Waals surface area contributed by atoms with Crippen molar-refractivity contribution in [2.24, 2.45) is 0 Å². The van der Waals surface area contributed by atoms with Crippen LogP contribution in [0.1, 0.15) is 15.2 Å². The summed E-state index contributed by atoms with van der Waals surface area (Å²) < 4.78 is 40.0. The summed E-state index contributed by atoms with van der Waals surface area (Å²) in [6, 6.07) is 12.2. The molecule has 1 aromatic carbocycles. The van der Waals surface area contributed by atoms with E-state index in [1.165, 1.54) is 21.8 Å². The van der Waals surface area contributed by atoms with Crippen LogP contribution in [0.4, 0.5) is 24.5 Å². The Morgan fingerprint density at radius 1 is 1.00 bits per heavy atom. The van der Waals surface area contributed by atoms with Gasteiger partial charge in [0.25, 0.3) is 5.91 Å². The molecular weight excluding hydrogens is 463 g/mol. The Kier molecular flexibility index (Phi) is 6.15. The predicted molar refractivity (Wildman–Crippen MR) is 116 cm³/mol. The van der Waals surface area contributed by atoms with E-state index in [9.17, 15) is 22.8 Å². The van der Waals surface area contributed by atoms with Crippen LogP contribution in [0, 0.1) is 0 Å². The number of anilines is 2. The van der Waals surface area contributed by atoms with Gasteiger partial charge >= 0.3 is 6.18 Å². The van der Waals surface area contributed by atoms with E-state index in [2.05, 4.69) is 20.8 Å². The summed E-state index contributed by atoms with van der Waals surface area (Å²) in [4.78, 5) is 24.9. The monoisotopic (exact) mass is 477 g/mol. The number of alkyl halides is 3. The lowest BCUT2D eigenvalue weighted by molar-refractivity contribution is -0.137. The summed E-state index contributed by atoms with van der Waals surface area (Å²) in [7, 11) is 0. The van der Waals surface area contributed by atoms with Crippen LogP contribution in [-0.4, -0.2) is 32.2 Å². The van der Waals surface area contributed by atoms with Crippen LogP contribution < -0.4 is 10.6 Å². The van der Waals surface area contributed by atoms with Gasteiger partial charge in [0, 0.05) is 17.6 Å². The highest BCUT2D eigenvalue weighted by atomic mass is 32.2. The molecule has 0 aliphatic heterocycles. The lowest BCUT2D eigenvalue weighted by atomic mass is 10.2. The molecule has 0 atom stereocenters. The number of benzene rings is 1. The number of hydrogen-bond donors (Lipinski definition) is 2. The third-order valence-electron chi connectivity index (χ3n) is 4.20. The Morgan fingerprint density at radius 3 is 2.38 bits per heavy atom. The van der Waals surface area contributed by atoms with Crippen molar-refractivity contribution in [3.8, 4) is 0 Å². The number of nitrogens with zero attached hydrogens (tertiary/aromatic N) is 3. The first kappa shape index (κ1) is 21.8. The third kappa shape index (κ3) is 5.08. The first-order chi connectivity index (χ1) is 15.3. The van der Waals surface area contributed by atoms with Gasteiger partial charge in [0.05, 0.1) is 16.2 Å². The number of thiophene rings is 1. The molecule has 2 N–H and O–H groups in total. The van der Waals surface area contributed by atoms with E-state index in [0.29, 0.717) is 16.3 Å². The lowest BCUT2D eigenvalue weighted by Crippen LogP contribution is -2.14. The van der Waals surface area contributed by atoms with Crippen molar-refractivity contribution in [2.75, 3.05) is 16.4 Å². The van der Waals surface area contributed by atoms with Crippen molar-refractivity contribution in [3.05, 3.63) is 70.5 Å². The normalized spacial score (nSPS) is 11.5. The first-order valence-electron chi connectivity index (χ1n) is 9.09. The molecular formula is C20H14F3N5O2S2. The van der Waals surface area contributed by atoms with Crippen molar-refractivity contribution < 1.29 is 22.8 Å². The van der Waals surface area contributed by atoms with Gasteiger partial charge in [0.2, 0.25) is 5.91 Å². The van der Waals surface area contributed by atoms with Crippen LogP contribution in [-0.2, 0) is 11.0 Å². The topological polar surface area (TPSA) is 88.4 Å². The van der Waals surface area contributed by atoms with Crippen molar-refractivity contribution >= 4 is 51.9 Å². The average molecular weight is 477 g/mol. The predicted octanol–water partition coefficient (Wildman–Crippen LogP) is 4.79. The largest absolute Gasteiger partial charge is 0.417 e. The third-order valence-corrected chi connectivity index (χ3v) is 6.01. The quantitative estimate of drug-likeness (QED) is 0.390. The Morgan fingerprint density at radius 2 is 1.72 bits per heavy atom. The van der Waals surface area contributed by atoms with Crippen molar-refractivity contribution in [1.82, 2.24) is 14.6 Å². The molecule has 0 saturated heterocycles. The molecule has 2 amide bonds. The summed E-state index contributed by atoms with van der Waals surface area (Å²) in [6.45, 7) is 0. The second-order valence-corrected chi connectivity index (χ2v) is 8.36. The molecule has 3 aromatic heterocycles. The van der Waals surface area contributed by atoms with E-state index in [1.807, 2.05) is 5.38 Å². The molecule has 12 heteroatoms. The number of pyridine rings is 1. The highest BCUT2D eigenvalue weighted by molar-refractivity contribution is 7.99. The zero-order valence-electron chi connectivity index (χ0n) is 16.1. The van der Waals surface area contributed by atoms with Crippen LogP contribution in [0.5, 0.6) is 0 Å². The summed E-state index contributed by atoms with van der Waals surface area (Å²) in [5.41, 5.74) is 0.504. The highest BCUT2D eigenvalue weighted by Crippen LogP contribution is 2.30. The molecule has 0 bridgehead atoms. The summed E-state index contributed by atoms with van der Waals surface area (Å²) >= 11 is 2.30. The average Bonchev–Trinajstić information content (AvgIpc) is 3.43. The Balaban J connectivity index is 1.34. The molecule has 0 aliphatic rings. The molecule has 4 rings (SSSR count). The Labute approximate surface area is 187 Å². The minimum absolute atomic E-state index is 0.0755. The minimum Gasteiger partial charge on any atom is -0.325 e. The van der Waals surface area contributed by atoms with Gasteiger partial charge in [-0.1, -0.05) is 17.8 Å². The van der Waals surface area contributed by atoms with Crippen molar-refractivity contribution in [3.63, 3.8) is 0 Å². The summed E-state index contributed by atoms with van der Waals surface area (Å²) in [5.74, 6) is -0.662. The van der Waals surface area contributed by atoms with Gasteiger partial charge in [-0.15, -0.1) is 21.5 Å². The molecule has 0 spiro atoms. The number of amides is 2. The lowest BCUT2D eigenvalue weighted by Gasteiger charge is -2.08. The van der Waals surface area contributed by atoms with Crippen molar-refractivity contribution in [1.29, 1.82) is 0 Å². The number of halogens is 3. The van der Waals surface area contributed by atoms with Crippen LogP contribution in [0.3, 0.4) is 0 Å². The van der Waals surface area contributed by atoms with Gasteiger partial charge in [-0.2, -0.15) is 13.2 Å². The number of carbonyl (C=O) groups is 2. The zero-order valence-corrected chi connectivity index (χ0v) is 17.7. The molecule has 0 saturated carbocycles. The van der Waals surface area contributed by atoms with Crippen LogP contribution in [0.25, 0.3) is 5.65 Å². The van der Waals surface area contributed by atoms with E-state index in [-0.39, 0.29) is 28.4 Å². The van der Waals surface area contributed by atoms with E-state index in [1.54, 1.807) is 36.4 Å². The number of thioether (sulfide) groups is 1. The number of rotatable bonds is 6. The standard InChI is InChI=1S/C20H14F3N5O2S2/c21-20(22,23)12-3-8-16-26-27-19(28(16)10-12)32-11-17(29)24-13-4-6-14(7-5-13)25-18(30)15-2-1-9-31-15/h1-10H,11H2,(H,24,29)(H,25,30). The maximum atomic E-state index is 12.9. The molecule has 32 heavy (non-hydrogen) atoms. The van der Waals surface area contributed by atoms with Gasteiger partial charge in [0.1, 0.15) is 0 Å². The number of hydrogen-bond acceptors (Lipinski definition) is 6. The van der Waals surface area contributed by atoms with E-state index < -0.39 is 11.7 Å².